The van der Waals surface area contributed by atoms with Gasteiger partial charge in [-0.3, -0.25) is 9.80 Å². The number of carbonyl (C=O) groups excluding carboxylic acids is 1. The van der Waals surface area contributed by atoms with Crippen molar-refractivity contribution >= 4 is 11.6 Å². The van der Waals surface area contributed by atoms with Gasteiger partial charge in [-0.1, -0.05) is 51.1 Å². The van der Waals surface area contributed by atoms with Gasteiger partial charge in [0, 0.05) is 19.0 Å². The zero-order valence-corrected chi connectivity index (χ0v) is 17.1. The Balaban J connectivity index is 1.49. The number of nitrogens with one attached hydrogen (secondary N) is 1. The summed E-state index contributed by atoms with van der Waals surface area (Å²) < 4.78 is 0. The maximum atomic E-state index is 13.1. The highest BCUT2D eigenvalue weighted by atomic mass is 16.2. The smallest absolute Gasteiger partial charge is 0.267 e. The lowest BCUT2D eigenvalue weighted by Crippen LogP contribution is -2.48. The first-order valence-corrected chi connectivity index (χ1v) is 10.4. The minimum Gasteiger partial charge on any atom is -0.348 e. The molecule has 28 heavy (non-hydrogen) atoms. The fourth-order valence-corrected chi connectivity index (χ4v) is 5.69. The Morgan fingerprint density at radius 2 is 2.07 bits per heavy atom. The second kappa shape index (κ2) is 6.92. The van der Waals surface area contributed by atoms with E-state index in [0.717, 1.165) is 12.0 Å². The van der Waals surface area contributed by atoms with Gasteiger partial charge in [-0.15, -0.1) is 0 Å². The lowest BCUT2D eigenvalue weighted by molar-refractivity contribution is -0.116. The van der Waals surface area contributed by atoms with E-state index in [4.69, 9.17) is 5.26 Å². The summed E-state index contributed by atoms with van der Waals surface area (Å²) in [6, 6.07) is 12.6. The normalized spacial score (nSPS) is 32.9. The van der Waals surface area contributed by atoms with Gasteiger partial charge in [-0.2, -0.15) is 10.4 Å². The molecule has 1 heterocycles. The molecule has 2 aliphatic carbocycles. The molecule has 1 aromatic carbocycles. The molecule has 5 heteroatoms. The standard InChI is InChI=1S/C23H30N4O/c1-22(2)17-10-11-23(22,3)20(14-17)25-21(28)18-15-19(16-8-5-4-6-9-16)27(26-18)13-7-12-24/h4-6,8-9,17,19-20H,7,10-11,13-15H2,1-3H3,(H,25,28)/t17-,19?,20+,23+/m1/s1. The number of carbonyl (C=O) groups is 1. The largest absolute Gasteiger partial charge is 0.348 e. The molecule has 2 bridgehead atoms. The molecule has 2 saturated carbocycles. The van der Waals surface area contributed by atoms with E-state index in [1.165, 1.54) is 12.8 Å². The minimum atomic E-state index is -0.0324. The Bertz CT molecular complexity index is 825. The highest BCUT2D eigenvalue weighted by Crippen LogP contribution is 2.65. The van der Waals surface area contributed by atoms with Crippen LogP contribution < -0.4 is 5.32 Å². The first-order chi connectivity index (χ1) is 13.4. The van der Waals surface area contributed by atoms with Crippen molar-refractivity contribution < 1.29 is 4.79 Å². The summed E-state index contributed by atoms with van der Waals surface area (Å²) in [7, 11) is 0. The van der Waals surface area contributed by atoms with Crippen molar-refractivity contribution in [2.24, 2.45) is 21.8 Å². The molecule has 1 N–H and O–H groups in total. The summed E-state index contributed by atoms with van der Waals surface area (Å²) in [5.41, 5.74) is 2.16. The van der Waals surface area contributed by atoms with Crippen molar-refractivity contribution in [1.82, 2.24) is 10.3 Å². The summed E-state index contributed by atoms with van der Waals surface area (Å²) >= 11 is 0. The number of amides is 1. The van der Waals surface area contributed by atoms with Crippen LogP contribution in [0.3, 0.4) is 0 Å². The number of nitriles is 1. The molecule has 4 atom stereocenters. The highest BCUT2D eigenvalue weighted by Gasteiger charge is 2.61. The predicted molar refractivity (Wildman–Crippen MR) is 109 cm³/mol. The molecule has 5 nitrogen and oxygen atoms in total. The molecule has 1 aliphatic heterocycles. The van der Waals surface area contributed by atoms with Crippen LogP contribution in [0.1, 0.15) is 64.5 Å². The molecule has 1 amide bonds. The average Bonchev–Trinajstić information content (AvgIpc) is 3.27. The van der Waals surface area contributed by atoms with Gasteiger partial charge < -0.3 is 5.32 Å². The van der Waals surface area contributed by atoms with Gasteiger partial charge >= 0.3 is 0 Å². The van der Waals surface area contributed by atoms with E-state index in [1.807, 2.05) is 23.2 Å². The predicted octanol–water partition coefficient (Wildman–Crippen LogP) is 4.03. The first-order valence-electron chi connectivity index (χ1n) is 10.4. The fraction of sp³-hybridized carbons (Fsp3) is 0.609. The number of benzene rings is 1. The van der Waals surface area contributed by atoms with Gasteiger partial charge in [-0.05, 0) is 41.6 Å². The number of fused-ring (bicyclic) bond motifs is 2. The van der Waals surface area contributed by atoms with Crippen LogP contribution in [0.25, 0.3) is 0 Å². The van der Waals surface area contributed by atoms with Crippen LogP contribution in [0.2, 0.25) is 0 Å². The molecule has 2 fully saturated rings. The van der Waals surface area contributed by atoms with Crippen LogP contribution in [0, 0.1) is 28.1 Å². The highest BCUT2D eigenvalue weighted by molar-refractivity contribution is 6.39. The molecular formula is C23H30N4O. The molecule has 3 aliphatic rings. The maximum Gasteiger partial charge on any atom is 0.267 e. The van der Waals surface area contributed by atoms with E-state index in [0.29, 0.717) is 31.0 Å². The van der Waals surface area contributed by atoms with Crippen molar-refractivity contribution in [2.45, 2.75) is 65.0 Å². The van der Waals surface area contributed by atoms with Crippen molar-refractivity contribution in [2.75, 3.05) is 6.54 Å². The molecule has 0 radical (unpaired) electrons. The number of rotatable bonds is 5. The van der Waals surface area contributed by atoms with E-state index in [2.05, 4.69) is 49.4 Å². The number of hydrogen-bond donors (Lipinski definition) is 1. The maximum absolute atomic E-state index is 13.1. The van der Waals surface area contributed by atoms with Gasteiger partial charge in [0.1, 0.15) is 5.71 Å². The third-order valence-electron chi connectivity index (χ3n) is 7.99. The quantitative estimate of drug-likeness (QED) is 0.841. The third kappa shape index (κ3) is 2.90. The monoisotopic (exact) mass is 378 g/mol. The lowest BCUT2D eigenvalue weighted by atomic mass is 9.69. The van der Waals surface area contributed by atoms with Crippen LogP contribution in [0.15, 0.2) is 35.4 Å². The molecular weight excluding hydrogens is 348 g/mol. The number of hydrogen-bond acceptors (Lipinski definition) is 4. The Morgan fingerprint density at radius 3 is 2.68 bits per heavy atom. The Kier molecular flexibility index (Phi) is 4.69. The number of hydrazone groups is 1. The molecule has 0 aromatic heterocycles. The van der Waals surface area contributed by atoms with Crippen LogP contribution in [0.4, 0.5) is 0 Å². The van der Waals surface area contributed by atoms with Gasteiger partial charge in [-0.25, -0.2) is 0 Å². The van der Waals surface area contributed by atoms with E-state index < -0.39 is 0 Å². The topological polar surface area (TPSA) is 68.5 Å². The Labute approximate surface area is 167 Å². The van der Waals surface area contributed by atoms with Crippen molar-refractivity contribution in [3.05, 3.63) is 35.9 Å². The van der Waals surface area contributed by atoms with Gasteiger partial charge in [0.2, 0.25) is 0 Å². The fourth-order valence-electron chi connectivity index (χ4n) is 5.69. The zero-order chi connectivity index (χ0) is 19.9. The van der Waals surface area contributed by atoms with E-state index in [1.54, 1.807) is 0 Å². The summed E-state index contributed by atoms with van der Waals surface area (Å²) in [6.45, 7) is 7.61. The molecule has 0 spiro atoms. The van der Waals surface area contributed by atoms with Crippen LogP contribution in [-0.4, -0.2) is 29.2 Å². The van der Waals surface area contributed by atoms with E-state index >= 15 is 0 Å². The Hall–Kier alpha value is -2.35. The third-order valence-corrected chi connectivity index (χ3v) is 7.99. The van der Waals surface area contributed by atoms with Crippen molar-refractivity contribution in [3.63, 3.8) is 0 Å². The van der Waals surface area contributed by atoms with Crippen LogP contribution >= 0.6 is 0 Å². The molecule has 1 aromatic rings. The SMILES string of the molecule is CC1(C)[C@@H]2CC[C@@]1(C)[C@@H](NC(=O)C1=NN(CCC#N)C(c3ccccc3)C1)C2. The van der Waals surface area contributed by atoms with Gasteiger partial charge in [0.05, 0.1) is 18.5 Å². The zero-order valence-electron chi connectivity index (χ0n) is 17.1. The summed E-state index contributed by atoms with van der Waals surface area (Å²) in [5.74, 6) is 0.660. The molecule has 0 saturated heterocycles. The number of nitrogens with zero attached hydrogens (tertiary/aromatic N) is 3. The Morgan fingerprint density at radius 1 is 1.32 bits per heavy atom. The van der Waals surface area contributed by atoms with E-state index in [9.17, 15) is 4.79 Å². The minimum absolute atomic E-state index is 0.0300. The average molecular weight is 379 g/mol. The lowest BCUT2D eigenvalue weighted by Gasteiger charge is -2.39. The second-order valence-corrected chi connectivity index (χ2v) is 9.38. The summed E-state index contributed by atoms with van der Waals surface area (Å²) in [4.78, 5) is 13.1. The van der Waals surface area contributed by atoms with Crippen molar-refractivity contribution in [1.29, 1.82) is 5.26 Å². The molecule has 4 rings (SSSR count). The first kappa shape index (κ1) is 19.0. The molecule has 148 valence electrons. The van der Waals surface area contributed by atoms with Crippen LogP contribution in [0.5, 0.6) is 0 Å². The second-order valence-electron chi connectivity index (χ2n) is 9.38. The van der Waals surface area contributed by atoms with Crippen LogP contribution in [-0.2, 0) is 4.79 Å². The van der Waals surface area contributed by atoms with Gasteiger partial charge in [0.25, 0.3) is 5.91 Å². The van der Waals surface area contributed by atoms with Crippen molar-refractivity contribution in [3.8, 4) is 6.07 Å². The summed E-state index contributed by atoms with van der Waals surface area (Å²) in [5, 5.41) is 18.9. The molecule has 1 unspecified atom stereocenters. The van der Waals surface area contributed by atoms with Gasteiger partial charge in [0.15, 0.2) is 0 Å². The summed E-state index contributed by atoms with van der Waals surface area (Å²) in [6.07, 6.45) is 4.52. The van der Waals surface area contributed by atoms with E-state index in [-0.39, 0.29) is 28.8 Å².